The largest absolute Gasteiger partial charge is 0.334 e. The quantitative estimate of drug-likeness (QED) is 0.851. The lowest BCUT2D eigenvalue weighted by Gasteiger charge is -2.33. The summed E-state index contributed by atoms with van der Waals surface area (Å²) in [5.74, 6) is 0.776. The number of thiazole rings is 1. The number of carbonyl (C=O) groups is 1. The summed E-state index contributed by atoms with van der Waals surface area (Å²) in [5, 5.41) is 2.63. The molecular weight excluding hydrogens is 320 g/mol. The lowest BCUT2D eigenvalue weighted by atomic mass is 9.83. The Morgan fingerprint density at radius 3 is 2.79 bits per heavy atom. The van der Waals surface area contributed by atoms with Crippen molar-refractivity contribution in [1.82, 2.24) is 19.9 Å². The van der Waals surface area contributed by atoms with E-state index in [2.05, 4.69) is 19.9 Å². The maximum Gasteiger partial charge on any atom is 0.273 e. The van der Waals surface area contributed by atoms with Crippen molar-refractivity contribution in [3.63, 3.8) is 0 Å². The Kier molecular flexibility index (Phi) is 4.56. The van der Waals surface area contributed by atoms with Crippen molar-refractivity contribution >= 4 is 17.2 Å². The van der Waals surface area contributed by atoms with Crippen LogP contribution in [0.15, 0.2) is 24.0 Å². The van der Waals surface area contributed by atoms with E-state index >= 15 is 0 Å². The molecule has 1 saturated heterocycles. The Morgan fingerprint density at radius 2 is 2.00 bits per heavy atom. The number of amides is 1. The minimum absolute atomic E-state index is 0.0921. The van der Waals surface area contributed by atoms with Gasteiger partial charge in [-0.3, -0.25) is 14.8 Å². The summed E-state index contributed by atoms with van der Waals surface area (Å²) in [6.07, 6.45) is 13.8. The molecule has 2 aromatic heterocycles. The molecule has 1 aliphatic heterocycles. The standard InChI is InChI=1S/C18H22N4OS/c23-18(15-12-24-17(21-15)14-11-19-8-9-20-14)22-10-4-7-16(22)13-5-2-1-3-6-13/h8-9,11-13,16H,1-7,10H2/t16-/m1/s1. The van der Waals surface area contributed by atoms with Gasteiger partial charge in [0.1, 0.15) is 16.4 Å². The highest BCUT2D eigenvalue weighted by molar-refractivity contribution is 7.13. The van der Waals surface area contributed by atoms with Crippen molar-refractivity contribution in [2.45, 2.75) is 51.0 Å². The first-order chi connectivity index (χ1) is 11.8. The first kappa shape index (κ1) is 15.7. The Labute approximate surface area is 146 Å². The fraction of sp³-hybridized carbons (Fsp3) is 0.556. The van der Waals surface area contributed by atoms with E-state index in [1.54, 1.807) is 18.6 Å². The van der Waals surface area contributed by atoms with Crippen molar-refractivity contribution in [2.75, 3.05) is 6.54 Å². The maximum atomic E-state index is 13.0. The molecule has 2 aliphatic rings. The fourth-order valence-electron chi connectivity index (χ4n) is 4.10. The van der Waals surface area contributed by atoms with Crippen LogP contribution in [0.25, 0.3) is 10.7 Å². The molecule has 4 rings (SSSR count). The van der Waals surface area contributed by atoms with Crippen LogP contribution in [0.3, 0.4) is 0 Å². The van der Waals surface area contributed by atoms with Gasteiger partial charge in [-0.25, -0.2) is 4.98 Å². The lowest BCUT2D eigenvalue weighted by Crippen LogP contribution is -2.40. The van der Waals surface area contributed by atoms with E-state index in [1.165, 1.54) is 43.4 Å². The van der Waals surface area contributed by atoms with Crippen LogP contribution in [0.5, 0.6) is 0 Å². The maximum absolute atomic E-state index is 13.0. The summed E-state index contributed by atoms with van der Waals surface area (Å²) in [6.45, 7) is 0.873. The average molecular weight is 342 g/mol. The van der Waals surface area contributed by atoms with Gasteiger partial charge in [0.05, 0.1) is 6.20 Å². The van der Waals surface area contributed by atoms with Crippen LogP contribution in [0.1, 0.15) is 55.4 Å². The zero-order valence-electron chi connectivity index (χ0n) is 13.7. The molecule has 24 heavy (non-hydrogen) atoms. The number of hydrogen-bond donors (Lipinski definition) is 0. The molecule has 0 aromatic carbocycles. The van der Waals surface area contributed by atoms with Gasteiger partial charge in [-0.05, 0) is 31.6 Å². The number of aromatic nitrogens is 3. The van der Waals surface area contributed by atoms with E-state index in [4.69, 9.17) is 0 Å². The summed E-state index contributed by atoms with van der Waals surface area (Å²) in [5.41, 5.74) is 1.29. The van der Waals surface area contributed by atoms with Crippen molar-refractivity contribution in [3.8, 4) is 10.7 Å². The molecular formula is C18H22N4OS. The van der Waals surface area contributed by atoms with Gasteiger partial charge >= 0.3 is 0 Å². The van der Waals surface area contributed by atoms with Crippen LogP contribution in [-0.2, 0) is 0 Å². The Morgan fingerprint density at radius 1 is 1.12 bits per heavy atom. The number of nitrogens with zero attached hydrogens (tertiary/aromatic N) is 4. The third kappa shape index (κ3) is 3.07. The first-order valence-corrected chi connectivity index (χ1v) is 9.74. The smallest absolute Gasteiger partial charge is 0.273 e. The number of hydrogen-bond acceptors (Lipinski definition) is 5. The van der Waals surface area contributed by atoms with Crippen LogP contribution < -0.4 is 0 Å². The van der Waals surface area contributed by atoms with Crippen LogP contribution in [0.4, 0.5) is 0 Å². The molecule has 0 N–H and O–H groups in total. The van der Waals surface area contributed by atoms with Gasteiger partial charge in [0.15, 0.2) is 0 Å². The summed E-state index contributed by atoms with van der Waals surface area (Å²) in [7, 11) is 0. The molecule has 0 unspecified atom stereocenters. The molecule has 1 saturated carbocycles. The fourth-order valence-corrected chi connectivity index (χ4v) is 4.85. The minimum atomic E-state index is 0.0921. The van der Waals surface area contributed by atoms with Gasteiger partial charge in [0.25, 0.3) is 5.91 Å². The highest BCUT2D eigenvalue weighted by atomic mass is 32.1. The monoisotopic (exact) mass is 342 g/mol. The molecule has 1 aliphatic carbocycles. The van der Waals surface area contributed by atoms with E-state index in [1.807, 2.05) is 5.38 Å². The molecule has 0 spiro atoms. The van der Waals surface area contributed by atoms with Crippen molar-refractivity contribution < 1.29 is 4.79 Å². The summed E-state index contributed by atoms with van der Waals surface area (Å²) < 4.78 is 0. The normalized spacial score (nSPS) is 22.0. The predicted octanol–water partition coefficient (Wildman–Crippen LogP) is 3.79. The molecule has 2 aromatic rings. The van der Waals surface area contributed by atoms with Gasteiger partial charge in [0, 0.05) is 30.4 Å². The van der Waals surface area contributed by atoms with Crippen molar-refractivity contribution in [2.24, 2.45) is 5.92 Å². The first-order valence-electron chi connectivity index (χ1n) is 8.86. The average Bonchev–Trinajstić information content (AvgIpc) is 3.32. The van der Waals surface area contributed by atoms with E-state index in [9.17, 15) is 4.79 Å². The van der Waals surface area contributed by atoms with Crippen LogP contribution in [0, 0.1) is 5.92 Å². The number of likely N-dealkylation sites (tertiary alicyclic amines) is 1. The molecule has 2 fully saturated rings. The molecule has 6 heteroatoms. The Bertz CT molecular complexity index is 696. The zero-order chi connectivity index (χ0) is 16.4. The predicted molar refractivity (Wildman–Crippen MR) is 93.8 cm³/mol. The number of carbonyl (C=O) groups excluding carboxylic acids is 1. The summed E-state index contributed by atoms with van der Waals surface area (Å²) in [6, 6.07) is 0.416. The van der Waals surface area contributed by atoms with E-state index in [0.717, 1.165) is 30.1 Å². The third-order valence-corrected chi connectivity index (χ3v) is 6.12. The summed E-state index contributed by atoms with van der Waals surface area (Å²) in [4.78, 5) is 27.9. The Hall–Kier alpha value is -1.82. The third-order valence-electron chi connectivity index (χ3n) is 5.26. The van der Waals surface area contributed by atoms with Gasteiger partial charge in [0.2, 0.25) is 0 Å². The minimum Gasteiger partial charge on any atom is -0.334 e. The topological polar surface area (TPSA) is 59.0 Å². The molecule has 5 nitrogen and oxygen atoms in total. The second kappa shape index (κ2) is 6.97. The van der Waals surface area contributed by atoms with Gasteiger partial charge < -0.3 is 4.90 Å². The van der Waals surface area contributed by atoms with Gasteiger partial charge in [-0.15, -0.1) is 11.3 Å². The molecule has 126 valence electrons. The van der Waals surface area contributed by atoms with E-state index in [0.29, 0.717) is 17.7 Å². The molecule has 0 bridgehead atoms. The zero-order valence-corrected chi connectivity index (χ0v) is 14.5. The molecule has 1 atom stereocenters. The lowest BCUT2D eigenvalue weighted by molar-refractivity contribution is 0.0656. The Balaban J connectivity index is 1.51. The van der Waals surface area contributed by atoms with E-state index in [-0.39, 0.29) is 5.91 Å². The van der Waals surface area contributed by atoms with E-state index < -0.39 is 0 Å². The molecule has 0 radical (unpaired) electrons. The highest BCUT2D eigenvalue weighted by Gasteiger charge is 2.36. The van der Waals surface area contributed by atoms with Crippen molar-refractivity contribution in [1.29, 1.82) is 0 Å². The summed E-state index contributed by atoms with van der Waals surface area (Å²) >= 11 is 1.47. The second-order valence-corrected chi connectivity index (χ2v) is 7.59. The molecule has 3 heterocycles. The van der Waals surface area contributed by atoms with Gasteiger partial charge in [-0.2, -0.15) is 0 Å². The second-order valence-electron chi connectivity index (χ2n) is 6.73. The van der Waals surface area contributed by atoms with Crippen molar-refractivity contribution in [3.05, 3.63) is 29.7 Å². The van der Waals surface area contributed by atoms with Crippen LogP contribution in [-0.4, -0.2) is 38.3 Å². The molecule has 1 amide bonds. The van der Waals surface area contributed by atoms with Gasteiger partial charge in [-0.1, -0.05) is 19.3 Å². The van der Waals surface area contributed by atoms with Crippen LogP contribution >= 0.6 is 11.3 Å². The SMILES string of the molecule is O=C(c1csc(-c2cnccn2)n1)N1CCC[C@@H]1C1CCCCC1. The highest BCUT2D eigenvalue weighted by Crippen LogP contribution is 2.35. The van der Waals surface area contributed by atoms with Crippen LogP contribution in [0.2, 0.25) is 0 Å². The number of rotatable bonds is 3.